The van der Waals surface area contributed by atoms with E-state index < -0.39 is 6.10 Å². The molecule has 2 aromatic carbocycles. The number of ether oxygens (including phenoxy) is 1. The van der Waals surface area contributed by atoms with Crippen molar-refractivity contribution in [2.24, 2.45) is 11.0 Å². The molecule has 2 N–H and O–H groups in total. The van der Waals surface area contributed by atoms with Crippen LogP contribution < -0.4 is 15.1 Å². The minimum absolute atomic E-state index is 0.212. The zero-order valence-electron chi connectivity index (χ0n) is 18.1. The van der Waals surface area contributed by atoms with Crippen molar-refractivity contribution in [2.45, 2.75) is 50.8 Å². The molecule has 4 rings (SSSR count). The predicted molar refractivity (Wildman–Crippen MR) is 128 cm³/mol. The molecule has 0 radical (unpaired) electrons. The van der Waals surface area contributed by atoms with Crippen LogP contribution in [-0.4, -0.2) is 36.0 Å². The van der Waals surface area contributed by atoms with Gasteiger partial charge in [-0.2, -0.15) is 5.10 Å². The fourth-order valence-corrected chi connectivity index (χ4v) is 5.00. The van der Waals surface area contributed by atoms with Crippen LogP contribution in [0, 0.1) is 5.92 Å². The van der Waals surface area contributed by atoms with E-state index in [-0.39, 0.29) is 23.9 Å². The molecule has 0 bridgehead atoms. The summed E-state index contributed by atoms with van der Waals surface area (Å²) >= 11 is 12.6. The second-order valence-electron chi connectivity index (χ2n) is 8.36. The number of hydrazone groups is 1. The van der Waals surface area contributed by atoms with Gasteiger partial charge in [-0.1, -0.05) is 55.1 Å². The number of nitrogens with zero attached hydrogens (tertiary/aromatic N) is 2. The molecule has 4 atom stereocenters. The molecule has 170 valence electrons. The molecule has 8 heteroatoms. The third-order valence-electron chi connectivity index (χ3n) is 6.28. The number of anilines is 1. The molecular weight excluding hydrogens is 449 g/mol. The highest BCUT2D eigenvalue weighted by molar-refractivity contribution is 6.41. The summed E-state index contributed by atoms with van der Waals surface area (Å²) in [5, 5.41) is 20.8. The number of aliphatic hydroxyl groups is 1. The Morgan fingerprint density at radius 3 is 2.53 bits per heavy atom. The highest BCUT2D eigenvalue weighted by atomic mass is 35.5. The SMILES string of the molecule is COc1ccc([C@H]2[C@@H](C)C(C(=O)N[C@H]3CCCC[C@@H]3O)=NN2c2ccc(Cl)cc2Cl)cc1. The summed E-state index contributed by atoms with van der Waals surface area (Å²) in [6, 6.07) is 12.5. The van der Waals surface area contributed by atoms with Crippen LogP contribution in [-0.2, 0) is 4.79 Å². The van der Waals surface area contributed by atoms with Crippen molar-refractivity contribution in [1.29, 1.82) is 0 Å². The van der Waals surface area contributed by atoms with E-state index in [1.807, 2.05) is 37.3 Å². The molecule has 1 amide bonds. The van der Waals surface area contributed by atoms with Crippen molar-refractivity contribution in [3.63, 3.8) is 0 Å². The summed E-state index contributed by atoms with van der Waals surface area (Å²) in [5.74, 6) is 0.283. The predicted octanol–water partition coefficient (Wildman–Crippen LogP) is 4.98. The van der Waals surface area contributed by atoms with E-state index in [1.54, 1.807) is 24.3 Å². The fourth-order valence-electron chi connectivity index (χ4n) is 4.51. The van der Waals surface area contributed by atoms with Gasteiger partial charge in [0.15, 0.2) is 0 Å². The normalized spacial score (nSPS) is 25.4. The Kier molecular flexibility index (Phi) is 6.93. The molecule has 1 heterocycles. The molecule has 1 aliphatic heterocycles. The number of nitrogens with one attached hydrogen (secondary N) is 1. The van der Waals surface area contributed by atoms with Crippen molar-refractivity contribution in [1.82, 2.24) is 5.32 Å². The average Bonchev–Trinajstić information content (AvgIpc) is 3.12. The van der Waals surface area contributed by atoms with Gasteiger partial charge in [0.2, 0.25) is 0 Å². The number of aliphatic hydroxyl groups excluding tert-OH is 1. The second-order valence-corrected chi connectivity index (χ2v) is 9.21. The Balaban J connectivity index is 1.68. The first-order valence-electron chi connectivity index (χ1n) is 10.8. The summed E-state index contributed by atoms with van der Waals surface area (Å²) in [5.41, 5.74) is 2.06. The molecule has 1 aliphatic carbocycles. The first-order valence-corrected chi connectivity index (χ1v) is 11.6. The number of amides is 1. The lowest BCUT2D eigenvalue weighted by atomic mass is 9.89. The van der Waals surface area contributed by atoms with Crippen LogP contribution in [0.4, 0.5) is 5.69 Å². The molecule has 6 nitrogen and oxygen atoms in total. The summed E-state index contributed by atoms with van der Waals surface area (Å²) in [7, 11) is 1.62. The lowest BCUT2D eigenvalue weighted by Crippen LogP contribution is -2.48. The zero-order valence-corrected chi connectivity index (χ0v) is 19.6. The summed E-state index contributed by atoms with van der Waals surface area (Å²) in [6.07, 6.45) is 2.92. The minimum Gasteiger partial charge on any atom is -0.497 e. The highest BCUT2D eigenvalue weighted by Crippen LogP contribution is 2.42. The Morgan fingerprint density at radius 1 is 1.16 bits per heavy atom. The number of hydrogen-bond acceptors (Lipinski definition) is 5. The lowest BCUT2D eigenvalue weighted by Gasteiger charge is -2.29. The topological polar surface area (TPSA) is 74.2 Å². The maximum atomic E-state index is 13.2. The molecule has 0 saturated heterocycles. The maximum absolute atomic E-state index is 13.2. The summed E-state index contributed by atoms with van der Waals surface area (Å²) in [4.78, 5) is 13.2. The number of benzene rings is 2. The molecular formula is C24H27Cl2N3O3. The van der Waals surface area contributed by atoms with Crippen LogP contribution in [0.25, 0.3) is 0 Å². The number of carbonyl (C=O) groups is 1. The fraction of sp³-hybridized carbons (Fsp3) is 0.417. The lowest BCUT2D eigenvalue weighted by molar-refractivity contribution is -0.116. The van der Waals surface area contributed by atoms with Crippen LogP contribution >= 0.6 is 23.2 Å². The number of carbonyl (C=O) groups excluding carboxylic acids is 1. The Morgan fingerprint density at radius 2 is 1.88 bits per heavy atom. The average molecular weight is 476 g/mol. The maximum Gasteiger partial charge on any atom is 0.268 e. The van der Waals surface area contributed by atoms with Gasteiger partial charge in [-0.3, -0.25) is 9.80 Å². The number of halogens is 2. The van der Waals surface area contributed by atoms with Crippen LogP contribution in [0.2, 0.25) is 10.0 Å². The molecule has 2 aliphatic rings. The Hall–Kier alpha value is -2.28. The van der Waals surface area contributed by atoms with E-state index in [1.165, 1.54) is 0 Å². The van der Waals surface area contributed by atoms with E-state index in [9.17, 15) is 9.90 Å². The van der Waals surface area contributed by atoms with Gasteiger partial charge < -0.3 is 15.2 Å². The minimum atomic E-state index is -0.524. The molecule has 0 aromatic heterocycles. The Labute approximate surface area is 198 Å². The summed E-state index contributed by atoms with van der Waals surface area (Å²) < 4.78 is 5.29. The van der Waals surface area contributed by atoms with Crippen LogP contribution in [0.15, 0.2) is 47.6 Å². The molecule has 0 spiro atoms. The highest BCUT2D eigenvalue weighted by Gasteiger charge is 2.41. The first-order chi connectivity index (χ1) is 15.4. The molecule has 2 aromatic rings. The molecule has 0 unspecified atom stereocenters. The van der Waals surface area contributed by atoms with Gasteiger partial charge in [-0.15, -0.1) is 0 Å². The van der Waals surface area contributed by atoms with E-state index in [0.29, 0.717) is 27.9 Å². The van der Waals surface area contributed by atoms with Crippen LogP contribution in [0.5, 0.6) is 5.75 Å². The van der Waals surface area contributed by atoms with E-state index in [2.05, 4.69) is 5.32 Å². The van der Waals surface area contributed by atoms with Crippen molar-refractivity contribution in [3.8, 4) is 5.75 Å². The van der Waals surface area contributed by atoms with Gasteiger partial charge in [-0.25, -0.2) is 0 Å². The third-order valence-corrected chi connectivity index (χ3v) is 6.81. The van der Waals surface area contributed by atoms with Crippen molar-refractivity contribution in [3.05, 3.63) is 58.1 Å². The molecule has 1 fully saturated rings. The summed E-state index contributed by atoms with van der Waals surface area (Å²) in [6.45, 7) is 1.98. The van der Waals surface area contributed by atoms with Crippen molar-refractivity contribution >= 4 is 40.5 Å². The van der Waals surface area contributed by atoms with Gasteiger partial charge >= 0.3 is 0 Å². The monoisotopic (exact) mass is 475 g/mol. The number of hydrogen-bond donors (Lipinski definition) is 2. The largest absolute Gasteiger partial charge is 0.497 e. The number of rotatable bonds is 5. The zero-order chi connectivity index (χ0) is 22.8. The molecule has 32 heavy (non-hydrogen) atoms. The Bertz CT molecular complexity index is 1010. The van der Waals surface area contributed by atoms with E-state index in [0.717, 1.165) is 30.6 Å². The van der Waals surface area contributed by atoms with Gasteiger partial charge in [-0.05, 0) is 48.7 Å². The van der Waals surface area contributed by atoms with E-state index in [4.69, 9.17) is 33.0 Å². The number of methoxy groups -OCH3 is 1. The second kappa shape index (κ2) is 9.69. The standard InChI is InChI=1S/C24H27Cl2N3O3/c1-14-22(24(31)27-19-5-3-4-6-21(19)30)28-29(20-12-9-16(25)13-18(20)26)23(14)15-7-10-17(32-2)11-8-15/h7-14,19,21,23,30H,3-6H2,1-2H3,(H,27,31)/t14-,19-,21-,23+/m0/s1. The van der Waals surface area contributed by atoms with Gasteiger partial charge in [0.25, 0.3) is 5.91 Å². The van der Waals surface area contributed by atoms with Crippen molar-refractivity contribution < 1.29 is 14.6 Å². The smallest absolute Gasteiger partial charge is 0.268 e. The van der Waals surface area contributed by atoms with Crippen LogP contribution in [0.1, 0.15) is 44.2 Å². The van der Waals surface area contributed by atoms with Crippen LogP contribution in [0.3, 0.4) is 0 Å². The van der Waals surface area contributed by atoms with Gasteiger partial charge in [0, 0.05) is 10.9 Å². The molecule has 1 saturated carbocycles. The van der Waals surface area contributed by atoms with Gasteiger partial charge in [0.05, 0.1) is 36.0 Å². The van der Waals surface area contributed by atoms with Crippen molar-refractivity contribution in [2.75, 3.05) is 12.1 Å². The third kappa shape index (κ3) is 4.58. The van der Waals surface area contributed by atoms with E-state index >= 15 is 0 Å². The first kappa shape index (κ1) is 22.9. The van der Waals surface area contributed by atoms with Gasteiger partial charge in [0.1, 0.15) is 11.5 Å². The quantitative estimate of drug-likeness (QED) is 0.639.